The molecule has 1 aliphatic carbocycles. The third kappa shape index (κ3) is 3.48. The highest BCUT2D eigenvalue weighted by Gasteiger charge is 2.28. The first-order valence-corrected chi connectivity index (χ1v) is 7.13. The molecule has 1 amide bonds. The van der Waals surface area contributed by atoms with E-state index in [2.05, 4.69) is 20.1 Å². The second-order valence-electron chi connectivity index (χ2n) is 5.75. The first-order chi connectivity index (χ1) is 8.37. The Morgan fingerprint density at radius 1 is 1.56 bits per heavy atom. The summed E-state index contributed by atoms with van der Waals surface area (Å²) < 4.78 is 2.07. The van der Waals surface area contributed by atoms with Crippen LogP contribution in [0.5, 0.6) is 0 Å². The number of carbonyl (C=O) groups is 1. The van der Waals surface area contributed by atoms with Gasteiger partial charge in [0.1, 0.15) is 6.33 Å². The Kier molecular flexibility index (Phi) is 3.66. The van der Waals surface area contributed by atoms with E-state index in [1.807, 2.05) is 27.7 Å². The molecule has 1 heterocycles. The summed E-state index contributed by atoms with van der Waals surface area (Å²) in [4.78, 5) is 12.0. The molecule has 1 aliphatic rings. The van der Waals surface area contributed by atoms with Crippen LogP contribution in [0.25, 0.3) is 0 Å². The normalized spacial score (nSPS) is 17.6. The summed E-state index contributed by atoms with van der Waals surface area (Å²) in [5.74, 6) is 0.0397. The van der Waals surface area contributed by atoms with Crippen LogP contribution in [-0.4, -0.2) is 31.5 Å². The predicted molar refractivity (Wildman–Crippen MR) is 71.5 cm³/mol. The molecule has 0 saturated heterocycles. The molecule has 100 valence electrons. The van der Waals surface area contributed by atoms with Gasteiger partial charge in [0.2, 0.25) is 5.91 Å². The summed E-state index contributed by atoms with van der Waals surface area (Å²) in [6.07, 6.45) is 4.14. The summed E-state index contributed by atoms with van der Waals surface area (Å²) in [5.41, 5.74) is -0.198. The van der Waals surface area contributed by atoms with Gasteiger partial charge in [0.05, 0.1) is 5.25 Å². The second kappa shape index (κ2) is 4.91. The molecule has 1 fully saturated rings. The second-order valence-corrected chi connectivity index (χ2v) is 7.06. The molecular weight excluding hydrogens is 248 g/mol. The number of hydrogen-bond donors (Lipinski definition) is 1. The minimum absolute atomic E-state index is 0.0397. The topological polar surface area (TPSA) is 59.8 Å². The number of rotatable bonds is 4. The lowest BCUT2D eigenvalue weighted by molar-refractivity contribution is -0.121. The minimum atomic E-state index is -0.198. The van der Waals surface area contributed by atoms with Gasteiger partial charge in [-0.2, -0.15) is 0 Å². The maximum absolute atomic E-state index is 12.0. The molecule has 1 saturated carbocycles. The number of nitrogens with one attached hydrogen (secondary N) is 1. The Bertz CT molecular complexity index is 434. The summed E-state index contributed by atoms with van der Waals surface area (Å²) in [6, 6.07) is 0.542. The lowest BCUT2D eigenvalue weighted by Crippen LogP contribution is -2.44. The van der Waals surface area contributed by atoms with Gasteiger partial charge in [-0.1, -0.05) is 11.8 Å². The fourth-order valence-electron chi connectivity index (χ4n) is 1.60. The van der Waals surface area contributed by atoms with E-state index in [-0.39, 0.29) is 16.7 Å². The highest BCUT2D eigenvalue weighted by atomic mass is 32.2. The van der Waals surface area contributed by atoms with E-state index in [9.17, 15) is 4.79 Å². The highest BCUT2D eigenvalue weighted by Crippen LogP contribution is 2.37. The Morgan fingerprint density at radius 3 is 2.78 bits per heavy atom. The van der Waals surface area contributed by atoms with Crippen molar-refractivity contribution in [1.82, 2.24) is 20.1 Å². The van der Waals surface area contributed by atoms with E-state index < -0.39 is 0 Å². The van der Waals surface area contributed by atoms with Crippen LogP contribution < -0.4 is 5.32 Å². The van der Waals surface area contributed by atoms with Crippen LogP contribution in [0.15, 0.2) is 11.5 Å². The van der Waals surface area contributed by atoms with E-state index in [0.717, 1.165) is 5.16 Å². The maximum atomic E-state index is 12.0. The quantitative estimate of drug-likeness (QED) is 0.849. The predicted octanol–water partition coefficient (Wildman–Crippen LogP) is 2.01. The molecule has 0 aromatic carbocycles. The first kappa shape index (κ1) is 13.4. The molecule has 1 aromatic heterocycles. The fourth-order valence-corrected chi connectivity index (χ4v) is 2.50. The average molecular weight is 268 g/mol. The summed E-state index contributed by atoms with van der Waals surface area (Å²) in [5, 5.41) is 11.7. The molecule has 5 nitrogen and oxygen atoms in total. The van der Waals surface area contributed by atoms with Gasteiger partial charge in [-0.15, -0.1) is 10.2 Å². The SMILES string of the molecule is CC(Sc1nncn1C1CC1)C(=O)NC(C)(C)C. The molecule has 0 spiro atoms. The highest BCUT2D eigenvalue weighted by molar-refractivity contribution is 8.00. The number of carbonyl (C=O) groups excluding carboxylic acids is 1. The Hall–Kier alpha value is -1.04. The van der Waals surface area contributed by atoms with Crippen molar-refractivity contribution in [1.29, 1.82) is 0 Å². The first-order valence-electron chi connectivity index (χ1n) is 6.25. The van der Waals surface area contributed by atoms with Crippen LogP contribution in [0.4, 0.5) is 0 Å². The van der Waals surface area contributed by atoms with Gasteiger partial charge >= 0.3 is 0 Å². The molecule has 6 heteroatoms. The third-order valence-corrected chi connectivity index (χ3v) is 3.70. The van der Waals surface area contributed by atoms with Crippen LogP contribution in [0, 0.1) is 0 Å². The van der Waals surface area contributed by atoms with Gasteiger partial charge in [-0.25, -0.2) is 0 Å². The van der Waals surface area contributed by atoms with E-state index in [4.69, 9.17) is 0 Å². The van der Waals surface area contributed by atoms with Crippen molar-refractivity contribution >= 4 is 17.7 Å². The molecule has 1 unspecified atom stereocenters. The maximum Gasteiger partial charge on any atom is 0.233 e. The number of amides is 1. The van der Waals surface area contributed by atoms with Crippen LogP contribution in [0.2, 0.25) is 0 Å². The number of nitrogens with zero attached hydrogens (tertiary/aromatic N) is 3. The molecule has 0 bridgehead atoms. The third-order valence-electron chi connectivity index (χ3n) is 2.63. The standard InChI is InChI=1S/C12H20N4OS/c1-8(10(17)14-12(2,3)4)18-11-15-13-7-16(11)9-5-6-9/h7-9H,5-6H2,1-4H3,(H,14,17). The average Bonchev–Trinajstić information content (AvgIpc) is 2.97. The van der Waals surface area contributed by atoms with Gasteiger partial charge < -0.3 is 9.88 Å². The Labute approximate surface area is 112 Å². The molecule has 1 atom stereocenters. The molecular formula is C12H20N4OS. The van der Waals surface area contributed by atoms with Crippen LogP contribution in [0.3, 0.4) is 0 Å². The zero-order chi connectivity index (χ0) is 13.3. The van der Waals surface area contributed by atoms with Gasteiger partial charge in [-0.3, -0.25) is 4.79 Å². The molecule has 0 radical (unpaired) electrons. The largest absolute Gasteiger partial charge is 0.351 e. The zero-order valence-corrected chi connectivity index (χ0v) is 12.1. The fraction of sp³-hybridized carbons (Fsp3) is 0.750. The van der Waals surface area contributed by atoms with Gasteiger partial charge in [-0.05, 0) is 40.5 Å². The van der Waals surface area contributed by atoms with E-state index >= 15 is 0 Å². The number of aromatic nitrogens is 3. The van der Waals surface area contributed by atoms with Crippen molar-refractivity contribution in [3.63, 3.8) is 0 Å². The Balaban J connectivity index is 1.96. The van der Waals surface area contributed by atoms with Crippen molar-refractivity contribution in [2.24, 2.45) is 0 Å². The lowest BCUT2D eigenvalue weighted by Gasteiger charge is -2.22. The van der Waals surface area contributed by atoms with Crippen molar-refractivity contribution in [2.45, 2.75) is 62.5 Å². The summed E-state index contributed by atoms with van der Waals surface area (Å²) in [6.45, 7) is 7.84. The van der Waals surface area contributed by atoms with E-state index in [0.29, 0.717) is 6.04 Å². The lowest BCUT2D eigenvalue weighted by atomic mass is 10.1. The van der Waals surface area contributed by atoms with E-state index in [1.165, 1.54) is 24.6 Å². The summed E-state index contributed by atoms with van der Waals surface area (Å²) in [7, 11) is 0. The Morgan fingerprint density at radius 2 is 2.22 bits per heavy atom. The van der Waals surface area contributed by atoms with E-state index in [1.54, 1.807) is 6.33 Å². The van der Waals surface area contributed by atoms with Crippen LogP contribution in [0.1, 0.15) is 46.6 Å². The van der Waals surface area contributed by atoms with Gasteiger partial charge in [0, 0.05) is 11.6 Å². The zero-order valence-electron chi connectivity index (χ0n) is 11.3. The number of thioether (sulfide) groups is 1. The molecule has 1 N–H and O–H groups in total. The minimum Gasteiger partial charge on any atom is -0.351 e. The molecule has 0 aliphatic heterocycles. The van der Waals surface area contributed by atoms with Crippen LogP contribution in [-0.2, 0) is 4.79 Å². The van der Waals surface area contributed by atoms with Crippen molar-refractivity contribution in [3.05, 3.63) is 6.33 Å². The molecule has 18 heavy (non-hydrogen) atoms. The summed E-state index contributed by atoms with van der Waals surface area (Å²) >= 11 is 1.47. The van der Waals surface area contributed by atoms with Crippen molar-refractivity contribution in [3.8, 4) is 0 Å². The van der Waals surface area contributed by atoms with Gasteiger partial charge in [0.25, 0.3) is 0 Å². The smallest absolute Gasteiger partial charge is 0.233 e. The van der Waals surface area contributed by atoms with Crippen LogP contribution >= 0.6 is 11.8 Å². The van der Waals surface area contributed by atoms with Crippen molar-refractivity contribution in [2.75, 3.05) is 0 Å². The monoisotopic (exact) mass is 268 g/mol. The molecule has 1 aromatic rings. The van der Waals surface area contributed by atoms with Gasteiger partial charge in [0.15, 0.2) is 5.16 Å². The number of hydrogen-bond acceptors (Lipinski definition) is 4. The van der Waals surface area contributed by atoms with Crippen molar-refractivity contribution < 1.29 is 4.79 Å². The molecule has 2 rings (SSSR count).